The Morgan fingerprint density at radius 2 is 2.55 bits per heavy atom. The first-order chi connectivity index (χ1) is 5.33. The summed E-state index contributed by atoms with van der Waals surface area (Å²) in [5.41, 5.74) is 2.09. The zero-order valence-corrected chi connectivity index (χ0v) is 6.36. The van der Waals surface area contributed by atoms with Crippen molar-refractivity contribution in [3.05, 3.63) is 29.6 Å². The van der Waals surface area contributed by atoms with Crippen LogP contribution < -0.4 is 0 Å². The minimum Gasteiger partial charge on any atom is -0.411 e. The molecule has 1 N–H and O–H groups in total. The van der Waals surface area contributed by atoms with Crippen LogP contribution in [0.2, 0.25) is 0 Å². The highest BCUT2D eigenvalue weighted by atomic mass is 16.4. The first-order valence-corrected chi connectivity index (χ1v) is 3.40. The average Bonchev–Trinajstić information content (AvgIpc) is 2.01. The number of rotatable bonds is 2. The van der Waals surface area contributed by atoms with Crippen LogP contribution in [0.3, 0.4) is 0 Å². The maximum absolute atomic E-state index is 8.15. The van der Waals surface area contributed by atoms with Gasteiger partial charge in [-0.25, -0.2) is 0 Å². The Hall–Kier alpha value is -1.38. The maximum atomic E-state index is 8.15. The summed E-state index contributed by atoms with van der Waals surface area (Å²) < 4.78 is 0. The minimum atomic E-state index is 0.653. The molecule has 1 aromatic heterocycles. The van der Waals surface area contributed by atoms with Crippen LogP contribution in [-0.4, -0.2) is 16.4 Å². The lowest BCUT2D eigenvalue weighted by Gasteiger charge is -1.95. The van der Waals surface area contributed by atoms with Gasteiger partial charge < -0.3 is 5.21 Å². The molecule has 0 aliphatic rings. The fraction of sp³-hybridized carbons (Fsp3) is 0.250. The minimum absolute atomic E-state index is 0.653. The molecule has 1 aromatic rings. The lowest BCUT2D eigenvalue weighted by molar-refractivity contribution is 0.321. The van der Waals surface area contributed by atoms with Crippen LogP contribution in [0.25, 0.3) is 0 Å². The third-order valence-electron chi connectivity index (χ3n) is 1.37. The van der Waals surface area contributed by atoms with Crippen LogP contribution in [0.1, 0.15) is 11.3 Å². The van der Waals surface area contributed by atoms with Crippen molar-refractivity contribution in [2.75, 3.05) is 0 Å². The molecule has 0 aliphatic heterocycles. The predicted molar refractivity (Wildman–Crippen MR) is 43.0 cm³/mol. The molecule has 0 fully saturated rings. The Morgan fingerprint density at radius 3 is 3.18 bits per heavy atom. The Balaban J connectivity index is 2.71. The summed E-state index contributed by atoms with van der Waals surface area (Å²) in [6.07, 6.45) is 3.85. The molecule has 1 rings (SSSR count). The van der Waals surface area contributed by atoms with Crippen molar-refractivity contribution >= 4 is 6.21 Å². The fourth-order valence-electron chi connectivity index (χ4n) is 0.877. The van der Waals surface area contributed by atoms with Gasteiger partial charge in [0, 0.05) is 24.5 Å². The van der Waals surface area contributed by atoms with Crippen molar-refractivity contribution < 1.29 is 5.21 Å². The lowest BCUT2D eigenvalue weighted by atomic mass is 10.2. The molecular formula is C8H10N2O. The molecular weight excluding hydrogens is 140 g/mol. The van der Waals surface area contributed by atoms with Gasteiger partial charge in [0.1, 0.15) is 0 Å². The van der Waals surface area contributed by atoms with Gasteiger partial charge in [0.2, 0.25) is 0 Å². The van der Waals surface area contributed by atoms with Gasteiger partial charge in [-0.2, -0.15) is 0 Å². The van der Waals surface area contributed by atoms with Gasteiger partial charge >= 0.3 is 0 Å². The number of hydrogen-bond acceptors (Lipinski definition) is 3. The molecule has 0 unspecified atom stereocenters. The molecule has 0 spiro atoms. The molecule has 3 heteroatoms. The van der Waals surface area contributed by atoms with Gasteiger partial charge in [-0.05, 0) is 24.6 Å². The molecule has 3 nitrogen and oxygen atoms in total. The van der Waals surface area contributed by atoms with Crippen molar-refractivity contribution in [1.82, 2.24) is 4.98 Å². The van der Waals surface area contributed by atoms with Crippen LogP contribution in [0.5, 0.6) is 0 Å². The summed E-state index contributed by atoms with van der Waals surface area (Å²) >= 11 is 0. The Kier molecular flexibility index (Phi) is 2.60. The maximum Gasteiger partial charge on any atom is 0.0479 e. The average molecular weight is 150 g/mol. The van der Waals surface area contributed by atoms with E-state index in [1.807, 2.05) is 19.1 Å². The van der Waals surface area contributed by atoms with Crippen molar-refractivity contribution in [3.8, 4) is 0 Å². The van der Waals surface area contributed by atoms with Gasteiger partial charge in [0.15, 0.2) is 0 Å². The first-order valence-electron chi connectivity index (χ1n) is 3.40. The Morgan fingerprint density at radius 1 is 1.73 bits per heavy atom. The highest BCUT2D eigenvalue weighted by molar-refractivity contribution is 5.60. The molecule has 58 valence electrons. The molecule has 0 radical (unpaired) electrons. The van der Waals surface area contributed by atoms with Gasteiger partial charge in [0.05, 0.1) is 0 Å². The van der Waals surface area contributed by atoms with E-state index in [9.17, 15) is 0 Å². The Labute approximate surface area is 65.4 Å². The molecule has 0 aromatic carbocycles. The van der Waals surface area contributed by atoms with Gasteiger partial charge in [-0.1, -0.05) is 0 Å². The summed E-state index contributed by atoms with van der Waals surface area (Å²) in [4.78, 5) is 4.04. The summed E-state index contributed by atoms with van der Waals surface area (Å²) in [6, 6.07) is 3.86. The van der Waals surface area contributed by atoms with Crippen molar-refractivity contribution in [3.63, 3.8) is 0 Å². The van der Waals surface area contributed by atoms with Crippen LogP contribution >= 0.6 is 0 Å². The van der Waals surface area contributed by atoms with Gasteiger partial charge in [-0.3, -0.25) is 4.98 Å². The fourth-order valence-corrected chi connectivity index (χ4v) is 0.877. The second-order valence-electron chi connectivity index (χ2n) is 2.31. The Bertz CT molecular complexity index is 258. The molecule has 0 atom stereocenters. The number of aryl methyl sites for hydroxylation is 1. The van der Waals surface area contributed by atoms with E-state index < -0.39 is 0 Å². The standard InChI is InChI=1S/C8H10N2O/c1-7-6-8(2-4-9-7)3-5-10-11/h2,4-6,11H,3H2,1H3. The van der Waals surface area contributed by atoms with Gasteiger partial charge in [0.25, 0.3) is 0 Å². The van der Waals surface area contributed by atoms with E-state index in [4.69, 9.17) is 5.21 Å². The summed E-state index contributed by atoms with van der Waals surface area (Å²) in [7, 11) is 0. The summed E-state index contributed by atoms with van der Waals surface area (Å²) in [6.45, 7) is 1.93. The second-order valence-corrected chi connectivity index (χ2v) is 2.31. The summed E-state index contributed by atoms with van der Waals surface area (Å²) in [5.74, 6) is 0. The van der Waals surface area contributed by atoms with Crippen molar-refractivity contribution in [1.29, 1.82) is 0 Å². The number of nitrogens with zero attached hydrogens (tertiary/aromatic N) is 2. The number of pyridine rings is 1. The predicted octanol–water partition coefficient (Wildman–Crippen LogP) is 1.39. The molecule has 0 aliphatic carbocycles. The smallest absolute Gasteiger partial charge is 0.0479 e. The topological polar surface area (TPSA) is 45.5 Å². The molecule has 11 heavy (non-hydrogen) atoms. The molecule has 0 bridgehead atoms. The highest BCUT2D eigenvalue weighted by Crippen LogP contribution is 1.99. The van der Waals surface area contributed by atoms with Gasteiger partial charge in [-0.15, -0.1) is 5.16 Å². The lowest BCUT2D eigenvalue weighted by Crippen LogP contribution is -1.88. The number of oxime groups is 1. The molecule has 0 saturated carbocycles. The zero-order valence-electron chi connectivity index (χ0n) is 6.36. The third kappa shape index (κ3) is 2.37. The summed E-state index contributed by atoms with van der Waals surface area (Å²) in [5, 5.41) is 11.1. The van der Waals surface area contributed by atoms with E-state index in [2.05, 4.69) is 10.1 Å². The number of hydrogen-bond donors (Lipinski definition) is 1. The normalized spacial score (nSPS) is 10.6. The highest BCUT2D eigenvalue weighted by Gasteiger charge is 1.90. The van der Waals surface area contributed by atoms with Crippen LogP contribution in [0, 0.1) is 6.92 Å². The first kappa shape index (κ1) is 7.72. The van der Waals surface area contributed by atoms with Crippen molar-refractivity contribution in [2.45, 2.75) is 13.3 Å². The molecule has 0 saturated heterocycles. The van der Waals surface area contributed by atoms with E-state index in [0.717, 1.165) is 11.3 Å². The van der Waals surface area contributed by atoms with Crippen LogP contribution in [-0.2, 0) is 6.42 Å². The third-order valence-corrected chi connectivity index (χ3v) is 1.37. The number of aromatic nitrogens is 1. The zero-order chi connectivity index (χ0) is 8.10. The van der Waals surface area contributed by atoms with E-state index in [0.29, 0.717) is 6.42 Å². The molecule has 0 amide bonds. The monoisotopic (exact) mass is 150 g/mol. The second kappa shape index (κ2) is 3.71. The van der Waals surface area contributed by atoms with Crippen molar-refractivity contribution in [2.24, 2.45) is 5.16 Å². The molecule has 1 heterocycles. The van der Waals surface area contributed by atoms with E-state index in [1.54, 1.807) is 6.20 Å². The quantitative estimate of drug-likeness (QED) is 0.393. The SMILES string of the molecule is Cc1cc(CC=NO)ccn1. The van der Waals surface area contributed by atoms with Crippen LogP contribution in [0.15, 0.2) is 23.5 Å². The van der Waals surface area contributed by atoms with E-state index in [1.165, 1.54) is 6.21 Å². The van der Waals surface area contributed by atoms with E-state index >= 15 is 0 Å². The largest absolute Gasteiger partial charge is 0.411 e. The van der Waals surface area contributed by atoms with E-state index in [-0.39, 0.29) is 0 Å². The van der Waals surface area contributed by atoms with Crippen LogP contribution in [0.4, 0.5) is 0 Å².